The van der Waals surface area contributed by atoms with E-state index in [0.717, 1.165) is 5.56 Å². The summed E-state index contributed by atoms with van der Waals surface area (Å²) in [6.45, 7) is 1.86. The van der Waals surface area contributed by atoms with Gasteiger partial charge in [0.1, 0.15) is 5.76 Å². The van der Waals surface area contributed by atoms with Crippen LogP contribution >= 0.6 is 11.6 Å². The van der Waals surface area contributed by atoms with Crippen molar-refractivity contribution in [3.05, 3.63) is 87.1 Å². The molecule has 2 aromatic carbocycles. The van der Waals surface area contributed by atoms with E-state index in [1.165, 1.54) is 12.1 Å². The molecule has 26 heavy (non-hydrogen) atoms. The minimum absolute atomic E-state index is 0.00457. The monoisotopic (exact) mass is 370 g/mol. The van der Waals surface area contributed by atoms with E-state index in [4.69, 9.17) is 16.0 Å². The molecule has 1 atom stereocenters. The number of amides is 1. The SMILES string of the molecule is CC(NC(=O)c1ccc(-c2ccc([N+](=O)[O-])cc2)o1)c1ccc(Cl)cc1. The fraction of sp³-hybridized carbons (Fsp3) is 0.105. The minimum Gasteiger partial charge on any atom is -0.451 e. The van der Waals surface area contributed by atoms with Crippen molar-refractivity contribution in [2.24, 2.45) is 0 Å². The first-order chi connectivity index (χ1) is 12.4. The molecule has 0 saturated heterocycles. The summed E-state index contributed by atoms with van der Waals surface area (Å²) in [5.74, 6) is 0.281. The standard InChI is InChI=1S/C19H15ClN2O4/c1-12(13-2-6-15(20)7-3-13)21-19(23)18-11-10-17(26-18)14-4-8-16(9-5-14)22(24)25/h2-12H,1H3,(H,21,23). The topological polar surface area (TPSA) is 85.4 Å². The number of nitrogens with zero attached hydrogens (tertiary/aromatic N) is 1. The Labute approximate surface area is 154 Å². The molecule has 0 aliphatic rings. The van der Waals surface area contributed by atoms with Gasteiger partial charge in [-0.2, -0.15) is 0 Å². The highest BCUT2D eigenvalue weighted by Gasteiger charge is 2.16. The zero-order chi connectivity index (χ0) is 18.7. The number of rotatable bonds is 5. The van der Waals surface area contributed by atoms with E-state index >= 15 is 0 Å². The van der Waals surface area contributed by atoms with Gasteiger partial charge in [0, 0.05) is 22.7 Å². The molecule has 3 rings (SSSR count). The second-order valence-electron chi connectivity index (χ2n) is 5.71. The maximum atomic E-state index is 12.4. The molecule has 0 spiro atoms. The first-order valence-electron chi connectivity index (χ1n) is 7.85. The Hall–Kier alpha value is -3.12. The lowest BCUT2D eigenvalue weighted by molar-refractivity contribution is -0.384. The summed E-state index contributed by atoms with van der Waals surface area (Å²) in [5, 5.41) is 14.2. The van der Waals surface area contributed by atoms with Crippen LogP contribution in [-0.4, -0.2) is 10.8 Å². The van der Waals surface area contributed by atoms with Crippen molar-refractivity contribution >= 4 is 23.2 Å². The van der Waals surface area contributed by atoms with Crippen molar-refractivity contribution in [1.29, 1.82) is 0 Å². The molecule has 3 aromatic rings. The van der Waals surface area contributed by atoms with E-state index in [-0.39, 0.29) is 23.4 Å². The molecule has 1 heterocycles. The van der Waals surface area contributed by atoms with Crippen molar-refractivity contribution < 1.29 is 14.1 Å². The summed E-state index contributed by atoms with van der Waals surface area (Å²) in [5.41, 5.74) is 1.57. The average molecular weight is 371 g/mol. The molecule has 1 unspecified atom stereocenters. The van der Waals surface area contributed by atoms with E-state index in [1.54, 1.807) is 36.4 Å². The van der Waals surface area contributed by atoms with Crippen LogP contribution in [-0.2, 0) is 0 Å². The van der Waals surface area contributed by atoms with Crippen molar-refractivity contribution in [2.45, 2.75) is 13.0 Å². The maximum absolute atomic E-state index is 12.4. The van der Waals surface area contributed by atoms with Gasteiger partial charge in [0.15, 0.2) is 5.76 Å². The highest BCUT2D eigenvalue weighted by Crippen LogP contribution is 2.25. The number of carbonyl (C=O) groups excluding carboxylic acids is 1. The molecule has 1 N–H and O–H groups in total. The van der Waals surface area contributed by atoms with Gasteiger partial charge in [-0.15, -0.1) is 0 Å². The zero-order valence-electron chi connectivity index (χ0n) is 13.8. The van der Waals surface area contributed by atoms with Gasteiger partial charge in [0.25, 0.3) is 11.6 Å². The third-order valence-electron chi connectivity index (χ3n) is 3.91. The van der Waals surface area contributed by atoms with Gasteiger partial charge >= 0.3 is 0 Å². The summed E-state index contributed by atoms with van der Waals surface area (Å²) in [6, 6.07) is 16.2. The molecule has 0 saturated carbocycles. The van der Waals surface area contributed by atoms with Crippen molar-refractivity contribution in [1.82, 2.24) is 5.32 Å². The minimum atomic E-state index is -0.469. The van der Waals surface area contributed by atoms with E-state index in [9.17, 15) is 14.9 Å². The molecule has 0 bridgehead atoms. The quantitative estimate of drug-likeness (QED) is 0.506. The number of benzene rings is 2. The van der Waals surface area contributed by atoms with Crippen LogP contribution in [0.25, 0.3) is 11.3 Å². The molecule has 1 amide bonds. The molecule has 0 aliphatic heterocycles. The summed E-state index contributed by atoms with van der Waals surface area (Å²) in [4.78, 5) is 22.6. The van der Waals surface area contributed by atoms with E-state index in [1.807, 2.05) is 19.1 Å². The zero-order valence-corrected chi connectivity index (χ0v) is 14.6. The number of halogens is 1. The maximum Gasteiger partial charge on any atom is 0.287 e. The number of hydrogen-bond donors (Lipinski definition) is 1. The van der Waals surface area contributed by atoms with Crippen molar-refractivity contribution in [2.75, 3.05) is 0 Å². The van der Waals surface area contributed by atoms with E-state index in [0.29, 0.717) is 16.3 Å². The third-order valence-corrected chi connectivity index (χ3v) is 4.16. The molecular formula is C19H15ClN2O4. The first-order valence-corrected chi connectivity index (χ1v) is 8.23. The lowest BCUT2D eigenvalue weighted by atomic mass is 10.1. The molecule has 7 heteroatoms. The summed E-state index contributed by atoms with van der Waals surface area (Å²) < 4.78 is 5.58. The lowest BCUT2D eigenvalue weighted by Crippen LogP contribution is -2.26. The molecule has 0 aliphatic carbocycles. The van der Waals surface area contributed by atoms with Crippen LogP contribution in [0.2, 0.25) is 5.02 Å². The Morgan fingerprint density at radius 2 is 1.73 bits per heavy atom. The number of nitro benzene ring substituents is 1. The number of nitro groups is 1. The molecule has 6 nitrogen and oxygen atoms in total. The molecular weight excluding hydrogens is 356 g/mol. The molecule has 0 fully saturated rings. The highest BCUT2D eigenvalue weighted by atomic mass is 35.5. The Balaban J connectivity index is 1.71. The molecule has 1 aromatic heterocycles. The normalized spacial score (nSPS) is 11.8. The van der Waals surface area contributed by atoms with Crippen LogP contribution in [0.1, 0.15) is 29.1 Å². The number of furan rings is 1. The van der Waals surface area contributed by atoms with Crippen molar-refractivity contribution in [3.63, 3.8) is 0 Å². The fourth-order valence-corrected chi connectivity index (χ4v) is 2.59. The molecule has 0 radical (unpaired) electrons. The van der Waals surface area contributed by atoms with E-state index < -0.39 is 4.92 Å². The van der Waals surface area contributed by atoms with Gasteiger partial charge in [0.05, 0.1) is 11.0 Å². The average Bonchev–Trinajstić information content (AvgIpc) is 3.12. The number of non-ortho nitro benzene ring substituents is 1. The van der Waals surface area contributed by atoms with Gasteiger partial charge in [0.2, 0.25) is 0 Å². The summed E-state index contributed by atoms with van der Waals surface area (Å²) in [7, 11) is 0. The predicted octanol–water partition coefficient (Wildman–Crippen LogP) is 5.00. The van der Waals surface area contributed by atoms with Crippen molar-refractivity contribution in [3.8, 4) is 11.3 Å². The largest absolute Gasteiger partial charge is 0.451 e. The Bertz CT molecular complexity index is 933. The van der Waals surface area contributed by atoms with Crippen LogP contribution in [0, 0.1) is 10.1 Å². The summed E-state index contributed by atoms with van der Waals surface area (Å²) >= 11 is 5.87. The second kappa shape index (κ2) is 7.41. The van der Waals surface area contributed by atoms with Crippen LogP contribution in [0.15, 0.2) is 65.1 Å². The fourth-order valence-electron chi connectivity index (χ4n) is 2.47. The van der Waals surface area contributed by atoms with Crippen LogP contribution in [0.4, 0.5) is 5.69 Å². The van der Waals surface area contributed by atoms with Crippen LogP contribution in [0.3, 0.4) is 0 Å². The van der Waals surface area contributed by atoms with Gasteiger partial charge in [-0.1, -0.05) is 23.7 Å². The number of nitrogens with one attached hydrogen (secondary N) is 1. The highest BCUT2D eigenvalue weighted by molar-refractivity contribution is 6.30. The Morgan fingerprint density at radius 1 is 1.08 bits per heavy atom. The molecule has 132 valence electrons. The third kappa shape index (κ3) is 3.92. The number of hydrogen-bond acceptors (Lipinski definition) is 4. The van der Waals surface area contributed by atoms with Gasteiger partial charge in [-0.05, 0) is 48.9 Å². The smallest absolute Gasteiger partial charge is 0.287 e. The van der Waals surface area contributed by atoms with Gasteiger partial charge < -0.3 is 9.73 Å². The predicted molar refractivity (Wildman–Crippen MR) is 98.1 cm³/mol. The first kappa shape index (κ1) is 17.7. The number of carbonyl (C=O) groups is 1. The Kier molecular flexibility index (Phi) is 5.04. The second-order valence-corrected chi connectivity index (χ2v) is 6.15. The summed E-state index contributed by atoms with van der Waals surface area (Å²) in [6.07, 6.45) is 0. The van der Waals surface area contributed by atoms with E-state index in [2.05, 4.69) is 5.32 Å². The van der Waals surface area contributed by atoms with Crippen LogP contribution < -0.4 is 5.32 Å². The van der Waals surface area contributed by atoms with Gasteiger partial charge in [-0.25, -0.2) is 0 Å². The van der Waals surface area contributed by atoms with Crippen LogP contribution in [0.5, 0.6) is 0 Å². The lowest BCUT2D eigenvalue weighted by Gasteiger charge is -2.13. The Morgan fingerprint density at radius 3 is 2.35 bits per heavy atom. The van der Waals surface area contributed by atoms with Gasteiger partial charge in [-0.3, -0.25) is 14.9 Å².